The molecule has 3 N–H and O–H groups in total. The predicted molar refractivity (Wildman–Crippen MR) is 145 cm³/mol. The first-order chi connectivity index (χ1) is 17.5. The number of anilines is 2. The van der Waals surface area contributed by atoms with Gasteiger partial charge in [0.25, 0.3) is 5.91 Å². The van der Waals surface area contributed by atoms with Crippen LogP contribution in [0, 0.1) is 0 Å². The van der Waals surface area contributed by atoms with Crippen LogP contribution in [-0.4, -0.2) is 41.7 Å². The predicted octanol–water partition coefficient (Wildman–Crippen LogP) is 6.77. The van der Waals surface area contributed by atoms with Crippen LogP contribution < -0.4 is 10.6 Å². The Morgan fingerprint density at radius 1 is 0.865 bits per heavy atom. The second-order valence-corrected chi connectivity index (χ2v) is 9.73. The van der Waals surface area contributed by atoms with Crippen molar-refractivity contribution >= 4 is 93.3 Å². The Hall–Kier alpha value is -2.95. The first-order valence-corrected chi connectivity index (χ1v) is 12.7. The van der Waals surface area contributed by atoms with Gasteiger partial charge in [0.15, 0.2) is 0 Å². The fourth-order valence-electron chi connectivity index (χ4n) is 3.12. The number of methoxy groups -OCH3 is 1. The van der Waals surface area contributed by atoms with E-state index in [2.05, 4.69) is 10.6 Å². The van der Waals surface area contributed by atoms with Gasteiger partial charge in [-0.25, -0.2) is 9.59 Å². The monoisotopic (exact) mass is 600 g/mol. The number of carbonyl (C=O) groups excluding carboxylic acids is 3. The summed E-state index contributed by atoms with van der Waals surface area (Å²) < 4.78 is 4.72. The highest BCUT2D eigenvalue weighted by Gasteiger charge is 2.29. The quantitative estimate of drug-likeness (QED) is 0.113. The number of thioether (sulfide) groups is 1. The minimum absolute atomic E-state index is 0.00963. The van der Waals surface area contributed by atoms with E-state index >= 15 is 0 Å². The van der Waals surface area contributed by atoms with E-state index < -0.39 is 34.0 Å². The van der Waals surface area contributed by atoms with E-state index in [0.29, 0.717) is 16.3 Å². The zero-order valence-electron chi connectivity index (χ0n) is 18.7. The van der Waals surface area contributed by atoms with Crippen molar-refractivity contribution in [1.29, 1.82) is 0 Å². The first-order valence-electron chi connectivity index (χ1n) is 10.2. The molecule has 0 saturated heterocycles. The molecule has 192 valence electrons. The van der Waals surface area contributed by atoms with E-state index in [1.807, 2.05) is 0 Å². The van der Waals surface area contributed by atoms with Gasteiger partial charge >= 0.3 is 11.9 Å². The summed E-state index contributed by atoms with van der Waals surface area (Å²) in [6, 6.07) is 12.9. The Balaban J connectivity index is 1.74. The summed E-state index contributed by atoms with van der Waals surface area (Å²) in [5, 5.41) is 13.4. The number of hydrogen-bond acceptors (Lipinski definition) is 6. The second kappa shape index (κ2) is 12.5. The molecule has 3 rings (SSSR count). The Kier molecular flexibility index (Phi) is 9.69. The lowest BCUT2D eigenvalue weighted by Gasteiger charge is -2.14. The molecular weight excluding hydrogens is 586 g/mol. The van der Waals surface area contributed by atoms with Crippen molar-refractivity contribution < 1.29 is 29.0 Å². The number of ether oxygens (including phenoxy) is 1. The standard InChI is InChI=1S/C24H16Cl4N2O6S/c1-36-24(35)13-7-2-3-8-14(13)30-15(31)10-37-12-6-4-5-11(9-12)29-22(32)16-17(23(33)34)19(26)21(28)20(27)18(16)25/h2-9H,10H2,1H3,(H,29,32)(H,30,31)(H,33,34). The van der Waals surface area contributed by atoms with Gasteiger partial charge in [0, 0.05) is 10.6 Å². The van der Waals surface area contributed by atoms with Crippen LogP contribution >= 0.6 is 58.2 Å². The number of carbonyl (C=O) groups is 4. The molecule has 0 aromatic heterocycles. The number of nitrogens with one attached hydrogen (secondary N) is 2. The molecule has 0 saturated carbocycles. The summed E-state index contributed by atoms with van der Waals surface area (Å²) in [6.07, 6.45) is 0. The van der Waals surface area contributed by atoms with Crippen LogP contribution in [0.2, 0.25) is 20.1 Å². The van der Waals surface area contributed by atoms with E-state index in [-0.39, 0.29) is 32.3 Å². The van der Waals surface area contributed by atoms with Gasteiger partial charge < -0.3 is 20.5 Å². The summed E-state index contributed by atoms with van der Waals surface area (Å²) in [4.78, 5) is 49.6. The molecule has 0 spiro atoms. The lowest BCUT2D eigenvalue weighted by Crippen LogP contribution is -2.18. The molecule has 0 fully saturated rings. The SMILES string of the molecule is COC(=O)c1ccccc1NC(=O)CSc1cccc(NC(=O)c2c(Cl)c(Cl)c(Cl)c(Cl)c2C(=O)O)c1. The lowest BCUT2D eigenvalue weighted by atomic mass is 10.1. The topological polar surface area (TPSA) is 122 Å². The van der Waals surface area contributed by atoms with Crippen LogP contribution in [0.15, 0.2) is 53.4 Å². The minimum Gasteiger partial charge on any atom is -0.478 e. The third-order valence-electron chi connectivity index (χ3n) is 4.78. The molecule has 0 aliphatic carbocycles. The van der Waals surface area contributed by atoms with Gasteiger partial charge in [-0.2, -0.15) is 0 Å². The van der Waals surface area contributed by atoms with Gasteiger partial charge in [-0.3, -0.25) is 9.59 Å². The molecule has 0 heterocycles. The molecule has 0 bridgehead atoms. The molecule has 3 aromatic carbocycles. The molecule has 3 aromatic rings. The molecule has 0 atom stereocenters. The zero-order chi connectivity index (χ0) is 27.3. The number of benzene rings is 3. The number of amides is 2. The maximum absolute atomic E-state index is 12.9. The van der Waals surface area contributed by atoms with Gasteiger partial charge in [-0.15, -0.1) is 11.8 Å². The van der Waals surface area contributed by atoms with Gasteiger partial charge in [0.05, 0.1) is 55.3 Å². The van der Waals surface area contributed by atoms with Gasteiger partial charge in [0.2, 0.25) is 5.91 Å². The number of halogens is 4. The fraction of sp³-hybridized carbons (Fsp3) is 0.0833. The van der Waals surface area contributed by atoms with Crippen molar-refractivity contribution in [2.45, 2.75) is 4.90 Å². The Morgan fingerprint density at radius 2 is 1.51 bits per heavy atom. The molecule has 2 amide bonds. The van der Waals surface area contributed by atoms with E-state index in [4.69, 9.17) is 51.1 Å². The van der Waals surface area contributed by atoms with Crippen molar-refractivity contribution in [2.24, 2.45) is 0 Å². The number of carboxylic acid groups (broad SMARTS) is 1. The van der Waals surface area contributed by atoms with Gasteiger partial charge in [-0.05, 0) is 30.3 Å². The molecule has 0 aliphatic heterocycles. The van der Waals surface area contributed by atoms with Gasteiger partial charge in [-0.1, -0.05) is 64.6 Å². The second-order valence-electron chi connectivity index (χ2n) is 7.17. The molecule has 8 nitrogen and oxygen atoms in total. The first kappa shape index (κ1) is 28.6. The summed E-state index contributed by atoms with van der Waals surface area (Å²) in [7, 11) is 1.25. The minimum atomic E-state index is -1.51. The fourth-order valence-corrected chi connectivity index (χ4v) is 4.89. The normalized spacial score (nSPS) is 10.5. The van der Waals surface area contributed by atoms with E-state index in [1.54, 1.807) is 42.5 Å². The summed E-state index contributed by atoms with van der Waals surface area (Å²) in [5.41, 5.74) is -0.216. The number of esters is 1. The Bertz CT molecular complexity index is 1420. The summed E-state index contributed by atoms with van der Waals surface area (Å²) >= 11 is 25.2. The maximum atomic E-state index is 12.9. The highest BCUT2D eigenvalue weighted by Crippen LogP contribution is 2.42. The average Bonchev–Trinajstić information content (AvgIpc) is 2.88. The molecule has 0 radical (unpaired) electrons. The van der Waals surface area contributed by atoms with Crippen LogP contribution in [0.3, 0.4) is 0 Å². The van der Waals surface area contributed by atoms with Crippen molar-refractivity contribution in [3.05, 3.63) is 85.3 Å². The van der Waals surface area contributed by atoms with Crippen molar-refractivity contribution in [3.63, 3.8) is 0 Å². The molecule has 37 heavy (non-hydrogen) atoms. The van der Waals surface area contributed by atoms with E-state index in [9.17, 15) is 24.3 Å². The van der Waals surface area contributed by atoms with Crippen molar-refractivity contribution in [1.82, 2.24) is 0 Å². The molecule has 0 unspecified atom stereocenters. The molecule has 13 heteroatoms. The smallest absolute Gasteiger partial charge is 0.339 e. The maximum Gasteiger partial charge on any atom is 0.339 e. The number of aromatic carboxylic acids is 1. The van der Waals surface area contributed by atoms with E-state index in [0.717, 1.165) is 11.8 Å². The van der Waals surface area contributed by atoms with Crippen LogP contribution in [0.4, 0.5) is 11.4 Å². The van der Waals surface area contributed by atoms with Crippen molar-refractivity contribution in [2.75, 3.05) is 23.5 Å². The summed E-state index contributed by atoms with van der Waals surface area (Å²) in [6.45, 7) is 0. The summed E-state index contributed by atoms with van der Waals surface area (Å²) in [5.74, 6) is -3.35. The number of para-hydroxylation sites is 1. The van der Waals surface area contributed by atoms with Crippen LogP contribution in [0.5, 0.6) is 0 Å². The number of rotatable bonds is 8. The number of hydrogen-bond donors (Lipinski definition) is 3. The zero-order valence-corrected chi connectivity index (χ0v) is 22.6. The lowest BCUT2D eigenvalue weighted by molar-refractivity contribution is -0.113. The highest BCUT2D eigenvalue weighted by molar-refractivity contribution is 8.00. The highest BCUT2D eigenvalue weighted by atomic mass is 35.5. The Labute approximate surface area is 235 Å². The van der Waals surface area contributed by atoms with Crippen LogP contribution in [0.25, 0.3) is 0 Å². The average molecular weight is 602 g/mol. The van der Waals surface area contributed by atoms with Crippen molar-refractivity contribution in [3.8, 4) is 0 Å². The Morgan fingerprint density at radius 3 is 2.16 bits per heavy atom. The van der Waals surface area contributed by atoms with Crippen LogP contribution in [-0.2, 0) is 9.53 Å². The largest absolute Gasteiger partial charge is 0.478 e. The third-order valence-corrected chi connectivity index (χ3v) is 7.57. The third kappa shape index (κ3) is 6.68. The van der Waals surface area contributed by atoms with E-state index in [1.165, 1.54) is 13.2 Å². The van der Waals surface area contributed by atoms with Crippen LogP contribution in [0.1, 0.15) is 31.1 Å². The number of carboxylic acids is 1. The molecule has 0 aliphatic rings. The van der Waals surface area contributed by atoms with Gasteiger partial charge in [0.1, 0.15) is 0 Å². The molecular formula is C24H16Cl4N2O6S.